The summed E-state index contributed by atoms with van der Waals surface area (Å²) < 4.78 is 5.41. The monoisotopic (exact) mass is 208 g/mol. The van der Waals surface area contributed by atoms with Gasteiger partial charge < -0.3 is 9.84 Å². The Kier molecular flexibility index (Phi) is 3.35. The number of carboxylic acids is 1. The van der Waals surface area contributed by atoms with E-state index in [1.54, 1.807) is 6.07 Å². The van der Waals surface area contributed by atoms with E-state index in [-0.39, 0.29) is 0 Å². The average Bonchev–Trinajstić information content (AvgIpc) is 2.17. The fraction of sp³-hybridized carbons (Fsp3) is 0.417. The molecule has 1 aromatic rings. The Labute approximate surface area is 89.7 Å². The molecule has 15 heavy (non-hydrogen) atoms. The van der Waals surface area contributed by atoms with Gasteiger partial charge >= 0.3 is 5.97 Å². The SMILES string of the molecule is CCc1cccc(OC(C)(C)C(=O)O)c1. The van der Waals surface area contributed by atoms with E-state index in [0.29, 0.717) is 5.75 Å². The lowest BCUT2D eigenvalue weighted by atomic mass is 10.1. The van der Waals surface area contributed by atoms with Crippen LogP contribution in [0.1, 0.15) is 26.3 Å². The average molecular weight is 208 g/mol. The van der Waals surface area contributed by atoms with Crippen molar-refractivity contribution in [2.75, 3.05) is 0 Å². The van der Waals surface area contributed by atoms with Crippen LogP contribution in [0.15, 0.2) is 24.3 Å². The van der Waals surface area contributed by atoms with Crippen LogP contribution in [0.4, 0.5) is 0 Å². The molecule has 0 saturated heterocycles. The highest BCUT2D eigenvalue weighted by atomic mass is 16.5. The Morgan fingerprint density at radius 1 is 1.47 bits per heavy atom. The van der Waals surface area contributed by atoms with Gasteiger partial charge in [-0.25, -0.2) is 4.79 Å². The zero-order valence-electron chi connectivity index (χ0n) is 9.28. The van der Waals surface area contributed by atoms with Crippen molar-refractivity contribution in [1.29, 1.82) is 0 Å². The summed E-state index contributed by atoms with van der Waals surface area (Å²) in [6.07, 6.45) is 0.907. The first-order valence-corrected chi connectivity index (χ1v) is 4.97. The number of benzene rings is 1. The Balaban J connectivity index is 2.85. The first kappa shape index (κ1) is 11.6. The van der Waals surface area contributed by atoms with Crippen molar-refractivity contribution in [3.8, 4) is 5.75 Å². The number of ether oxygens (including phenoxy) is 1. The number of aliphatic carboxylic acids is 1. The van der Waals surface area contributed by atoms with Crippen molar-refractivity contribution in [2.45, 2.75) is 32.8 Å². The first-order valence-electron chi connectivity index (χ1n) is 4.97. The van der Waals surface area contributed by atoms with Crippen molar-refractivity contribution in [3.63, 3.8) is 0 Å². The maximum Gasteiger partial charge on any atom is 0.347 e. The van der Waals surface area contributed by atoms with Crippen molar-refractivity contribution in [2.24, 2.45) is 0 Å². The highest BCUT2D eigenvalue weighted by molar-refractivity contribution is 5.76. The predicted molar refractivity (Wildman–Crippen MR) is 58.2 cm³/mol. The molecule has 0 unspecified atom stereocenters. The molecule has 1 aromatic carbocycles. The van der Waals surface area contributed by atoms with Crippen molar-refractivity contribution < 1.29 is 14.6 Å². The van der Waals surface area contributed by atoms with Gasteiger partial charge in [0, 0.05) is 0 Å². The van der Waals surface area contributed by atoms with E-state index in [9.17, 15) is 4.79 Å². The van der Waals surface area contributed by atoms with Gasteiger partial charge in [0.2, 0.25) is 0 Å². The number of hydrogen-bond donors (Lipinski definition) is 1. The van der Waals surface area contributed by atoms with Gasteiger partial charge in [-0.3, -0.25) is 0 Å². The summed E-state index contributed by atoms with van der Waals surface area (Å²) >= 11 is 0. The summed E-state index contributed by atoms with van der Waals surface area (Å²) in [6, 6.07) is 7.49. The molecule has 3 nitrogen and oxygen atoms in total. The van der Waals surface area contributed by atoms with Gasteiger partial charge in [0.1, 0.15) is 5.75 Å². The number of carbonyl (C=O) groups is 1. The van der Waals surface area contributed by atoms with Crippen LogP contribution < -0.4 is 4.74 Å². The minimum absolute atomic E-state index is 0.599. The standard InChI is InChI=1S/C12H16O3/c1-4-9-6-5-7-10(8-9)15-12(2,3)11(13)14/h5-8H,4H2,1-3H3,(H,13,14). The fourth-order valence-corrected chi connectivity index (χ4v) is 1.17. The predicted octanol–water partition coefficient (Wildman–Crippen LogP) is 2.49. The lowest BCUT2D eigenvalue weighted by Crippen LogP contribution is -2.37. The van der Waals surface area contributed by atoms with E-state index in [2.05, 4.69) is 0 Å². The molecule has 0 atom stereocenters. The maximum atomic E-state index is 10.9. The van der Waals surface area contributed by atoms with Gasteiger partial charge in [0.15, 0.2) is 5.60 Å². The van der Waals surface area contributed by atoms with Crippen LogP contribution >= 0.6 is 0 Å². The summed E-state index contributed by atoms with van der Waals surface area (Å²) in [5.41, 5.74) is -0.0551. The number of aryl methyl sites for hydroxylation is 1. The number of carboxylic acid groups (broad SMARTS) is 1. The van der Waals surface area contributed by atoms with Crippen LogP contribution in [0, 0.1) is 0 Å². The summed E-state index contributed by atoms with van der Waals surface area (Å²) in [4.78, 5) is 10.9. The molecule has 1 rings (SSSR count). The van der Waals surface area contributed by atoms with Gasteiger partial charge in [-0.05, 0) is 38.0 Å². The molecule has 0 spiro atoms. The largest absolute Gasteiger partial charge is 0.478 e. The minimum Gasteiger partial charge on any atom is -0.478 e. The van der Waals surface area contributed by atoms with Crippen LogP contribution in [-0.4, -0.2) is 16.7 Å². The highest BCUT2D eigenvalue weighted by Gasteiger charge is 2.29. The minimum atomic E-state index is -1.19. The highest BCUT2D eigenvalue weighted by Crippen LogP contribution is 2.20. The Hall–Kier alpha value is -1.51. The van der Waals surface area contributed by atoms with E-state index in [0.717, 1.165) is 12.0 Å². The quantitative estimate of drug-likeness (QED) is 0.826. The fourth-order valence-electron chi connectivity index (χ4n) is 1.17. The van der Waals surface area contributed by atoms with Gasteiger partial charge in [-0.15, -0.1) is 0 Å². The van der Waals surface area contributed by atoms with Gasteiger partial charge in [-0.2, -0.15) is 0 Å². The molecule has 0 radical (unpaired) electrons. The van der Waals surface area contributed by atoms with Gasteiger partial charge in [-0.1, -0.05) is 19.1 Å². The first-order chi connectivity index (χ1) is 6.95. The molecule has 1 N–H and O–H groups in total. The van der Waals surface area contributed by atoms with Crippen LogP contribution in [0.5, 0.6) is 5.75 Å². The lowest BCUT2D eigenvalue weighted by molar-refractivity contribution is -0.152. The molecule has 0 fully saturated rings. The topological polar surface area (TPSA) is 46.5 Å². The summed E-state index contributed by atoms with van der Waals surface area (Å²) in [5, 5.41) is 8.90. The molecular formula is C12H16O3. The molecular weight excluding hydrogens is 192 g/mol. The van der Waals surface area contributed by atoms with E-state index in [1.165, 1.54) is 13.8 Å². The normalized spacial score (nSPS) is 11.1. The molecule has 0 aliphatic heterocycles. The van der Waals surface area contributed by atoms with E-state index in [4.69, 9.17) is 9.84 Å². The van der Waals surface area contributed by atoms with Crippen molar-refractivity contribution in [1.82, 2.24) is 0 Å². The Bertz CT molecular complexity index is 356. The third-order valence-electron chi connectivity index (χ3n) is 2.19. The second-order valence-electron chi connectivity index (χ2n) is 3.92. The lowest BCUT2D eigenvalue weighted by Gasteiger charge is -2.21. The Morgan fingerprint density at radius 2 is 2.13 bits per heavy atom. The summed E-state index contributed by atoms with van der Waals surface area (Å²) in [5.74, 6) is -0.369. The molecule has 0 aromatic heterocycles. The second kappa shape index (κ2) is 4.34. The van der Waals surface area contributed by atoms with E-state index >= 15 is 0 Å². The molecule has 3 heteroatoms. The third kappa shape index (κ3) is 2.98. The second-order valence-corrected chi connectivity index (χ2v) is 3.92. The van der Waals surface area contributed by atoms with E-state index in [1.807, 2.05) is 25.1 Å². The molecule has 0 amide bonds. The third-order valence-corrected chi connectivity index (χ3v) is 2.19. The van der Waals surface area contributed by atoms with Crippen LogP contribution in [0.25, 0.3) is 0 Å². The van der Waals surface area contributed by atoms with Gasteiger partial charge in [0.25, 0.3) is 0 Å². The van der Waals surface area contributed by atoms with E-state index < -0.39 is 11.6 Å². The maximum absolute atomic E-state index is 10.9. The molecule has 0 aliphatic rings. The van der Waals surface area contributed by atoms with Crippen LogP contribution in [0.2, 0.25) is 0 Å². The summed E-state index contributed by atoms with van der Waals surface area (Å²) in [6.45, 7) is 5.11. The van der Waals surface area contributed by atoms with Gasteiger partial charge in [0.05, 0.1) is 0 Å². The van der Waals surface area contributed by atoms with Crippen LogP contribution in [-0.2, 0) is 11.2 Å². The number of hydrogen-bond acceptors (Lipinski definition) is 2. The van der Waals surface area contributed by atoms with Crippen LogP contribution in [0.3, 0.4) is 0 Å². The molecule has 0 aliphatic carbocycles. The molecule has 0 heterocycles. The number of rotatable bonds is 4. The smallest absolute Gasteiger partial charge is 0.347 e. The zero-order valence-corrected chi connectivity index (χ0v) is 9.28. The molecule has 0 saturated carbocycles. The summed E-state index contributed by atoms with van der Waals surface area (Å²) in [7, 11) is 0. The molecule has 0 bridgehead atoms. The van der Waals surface area contributed by atoms with Crippen molar-refractivity contribution >= 4 is 5.97 Å². The van der Waals surface area contributed by atoms with Crippen molar-refractivity contribution in [3.05, 3.63) is 29.8 Å². The Morgan fingerprint density at radius 3 is 2.67 bits per heavy atom. The molecule has 82 valence electrons. The zero-order chi connectivity index (χ0) is 11.5.